The van der Waals surface area contributed by atoms with Crippen molar-refractivity contribution in [3.8, 4) is 11.5 Å². The first-order chi connectivity index (χ1) is 14.5. The molecule has 1 saturated heterocycles. The van der Waals surface area contributed by atoms with E-state index < -0.39 is 5.72 Å². The Hall–Kier alpha value is -2.53. The molecule has 5 nitrogen and oxygen atoms in total. The van der Waals surface area contributed by atoms with Gasteiger partial charge in [0.15, 0.2) is 11.5 Å². The van der Waals surface area contributed by atoms with Gasteiger partial charge in [0.1, 0.15) is 0 Å². The number of ether oxygens (including phenoxy) is 2. The Morgan fingerprint density at radius 2 is 1.97 bits per heavy atom. The van der Waals surface area contributed by atoms with Gasteiger partial charge in [-0.15, -0.1) is 0 Å². The van der Waals surface area contributed by atoms with E-state index in [9.17, 15) is 0 Å². The van der Waals surface area contributed by atoms with Gasteiger partial charge in [-0.05, 0) is 38.1 Å². The third-order valence-corrected chi connectivity index (χ3v) is 7.00. The topological polar surface area (TPSA) is 37.3 Å². The quantitative estimate of drug-likeness (QED) is 0.744. The fraction of sp³-hybridized carbons (Fsp3) is 0.480. The van der Waals surface area contributed by atoms with E-state index in [0.29, 0.717) is 0 Å². The molecule has 1 fully saturated rings. The minimum absolute atomic E-state index is 0.187. The first-order valence-corrected chi connectivity index (χ1v) is 11.1. The van der Waals surface area contributed by atoms with E-state index in [1.54, 1.807) is 7.11 Å². The zero-order chi connectivity index (χ0) is 20.9. The molecule has 0 N–H and O–H groups in total. The Labute approximate surface area is 179 Å². The maximum absolute atomic E-state index is 6.79. The molecule has 5 heteroatoms. The first kappa shape index (κ1) is 19.4. The summed E-state index contributed by atoms with van der Waals surface area (Å²) in [6.45, 7) is 9.69. The SMILES string of the molecule is CCN1CCC2(CC1)Oc1c(OC)cccc1[C@H]1CC(c3cc(C)ccc3C)=NN12. The van der Waals surface area contributed by atoms with Crippen molar-refractivity contribution < 1.29 is 9.47 Å². The second-order valence-electron chi connectivity index (χ2n) is 8.79. The molecule has 3 aliphatic rings. The Morgan fingerprint density at radius 3 is 2.70 bits per heavy atom. The van der Waals surface area contributed by atoms with Crippen molar-refractivity contribution >= 4 is 5.71 Å². The van der Waals surface area contributed by atoms with Crippen LogP contribution >= 0.6 is 0 Å². The molecular formula is C25H31N3O2. The average Bonchev–Trinajstić information content (AvgIpc) is 3.22. The van der Waals surface area contributed by atoms with Gasteiger partial charge >= 0.3 is 0 Å². The molecule has 0 saturated carbocycles. The lowest BCUT2D eigenvalue weighted by atomic mass is 9.89. The minimum Gasteiger partial charge on any atom is -0.493 e. The third kappa shape index (κ3) is 2.99. The Morgan fingerprint density at radius 1 is 1.17 bits per heavy atom. The van der Waals surface area contributed by atoms with Crippen LogP contribution in [0.25, 0.3) is 0 Å². The van der Waals surface area contributed by atoms with E-state index in [1.807, 2.05) is 6.07 Å². The second kappa shape index (κ2) is 7.31. The lowest BCUT2D eigenvalue weighted by molar-refractivity contribution is -0.150. The van der Waals surface area contributed by atoms with Crippen LogP contribution in [0, 0.1) is 13.8 Å². The van der Waals surface area contributed by atoms with Crippen molar-refractivity contribution in [1.82, 2.24) is 9.91 Å². The molecule has 0 bridgehead atoms. The highest BCUT2D eigenvalue weighted by Crippen LogP contribution is 2.52. The summed E-state index contributed by atoms with van der Waals surface area (Å²) in [5, 5.41) is 7.52. The highest BCUT2D eigenvalue weighted by molar-refractivity contribution is 6.03. The molecule has 30 heavy (non-hydrogen) atoms. The number of rotatable bonds is 3. The number of aryl methyl sites for hydroxylation is 2. The van der Waals surface area contributed by atoms with Gasteiger partial charge < -0.3 is 14.4 Å². The molecular weight excluding hydrogens is 374 g/mol. The number of hydrogen-bond acceptors (Lipinski definition) is 5. The van der Waals surface area contributed by atoms with Crippen LogP contribution in [0.5, 0.6) is 11.5 Å². The first-order valence-electron chi connectivity index (χ1n) is 11.1. The van der Waals surface area contributed by atoms with Gasteiger partial charge in [0.05, 0.1) is 18.9 Å². The van der Waals surface area contributed by atoms with E-state index in [0.717, 1.165) is 56.1 Å². The van der Waals surface area contributed by atoms with Gasteiger partial charge in [-0.1, -0.05) is 36.8 Å². The normalized spacial score (nSPS) is 22.3. The second-order valence-corrected chi connectivity index (χ2v) is 8.79. The lowest BCUT2D eigenvalue weighted by Gasteiger charge is -2.51. The van der Waals surface area contributed by atoms with Gasteiger partial charge in [-0.25, -0.2) is 5.01 Å². The number of para-hydroxylation sites is 1. The number of benzene rings is 2. The molecule has 0 aliphatic carbocycles. The van der Waals surface area contributed by atoms with Crippen LogP contribution in [0.2, 0.25) is 0 Å². The summed E-state index contributed by atoms with van der Waals surface area (Å²) in [5.41, 5.74) is 5.75. The van der Waals surface area contributed by atoms with Crippen LogP contribution in [0.1, 0.15) is 54.5 Å². The van der Waals surface area contributed by atoms with Crippen molar-refractivity contribution in [2.75, 3.05) is 26.7 Å². The molecule has 1 spiro atoms. The fourth-order valence-corrected chi connectivity index (χ4v) is 5.19. The molecule has 3 aliphatic heterocycles. The zero-order valence-corrected chi connectivity index (χ0v) is 18.4. The number of hydrazone groups is 1. The maximum atomic E-state index is 6.79. The standard InChI is InChI=1S/C25H31N3O2/c1-5-27-13-11-25(12-14-27)28-22(19-7-6-8-23(29-4)24(19)30-25)16-21(26-28)20-15-17(2)9-10-18(20)3/h6-10,15,22H,5,11-14,16H2,1-4H3/t22-/m1/s1. The van der Waals surface area contributed by atoms with Gasteiger partial charge in [0.2, 0.25) is 5.72 Å². The predicted molar refractivity (Wildman–Crippen MR) is 119 cm³/mol. The average molecular weight is 406 g/mol. The summed E-state index contributed by atoms with van der Waals surface area (Å²) < 4.78 is 12.5. The van der Waals surface area contributed by atoms with Gasteiger partial charge in [-0.2, -0.15) is 5.10 Å². The summed E-state index contributed by atoms with van der Waals surface area (Å²) in [5.74, 6) is 1.73. The van der Waals surface area contributed by atoms with Crippen LogP contribution in [-0.4, -0.2) is 48.1 Å². The lowest BCUT2D eigenvalue weighted by Crippen LogP contribution is -2.59. The van der Waals surface area contributed by atoms with Crippen molar-refractivity contribution in [1.29, 1.82) is 0 Å². The molecule has 5 rings (SSSR count). The van der Waals surface area contributed by atoms with Gasteiger partial charge in [0, 0.05) is 43.5 Å². The Bertz CT molecular complexity index is 992. The summed E-state index contributed by atoms with van der Waals surface area (Å²) >= 11 is 0. The number of hydrogen-bond donors (Lipinski definition) is 0. The van der Waals surface area contributed by atoms with E-state index in [1.165, 1.54) is 22.3 Å². The van der Waals surface area contributed by atoms with Crippen molar-refractivity contribution in [3.63, 3.8) is 0 Å². The smallest absolute Gasteiger partial charge is 0.200 e. The molecule has 0 amide bonds. The van der Waals surface area contributed by atoms with E-state index >= 15 is 0 Å². The van der Waals surface area contributed by atoms with Crippen LogP contribution in [-0.2, 0) is 0 Å². The summed E-state index contributed by atoms with van der Waals surface area (Å²) in [6, 6.07) is 13.1. The van der Waals surface area contributed by atoms with Crippen LogP contribution < -0.4 is 9.47 Å². The fourth-order valence-electron chi connectivity index (χ4n) is 5.19. The van der Waals surface area contributed by atoms with E-state index in [4.69, 9.17) is 14.6 Å². The van der Waals surface area contributed by atoms with Crippen molar-refractivity contribution in [3.05, 3.63) is 58.7 Å². The Balaban J connectivity index is 1.60. The Kier molecular flexibility index (Phi) is 4.73. The minimum atomic E-state index is -0.405. The van der Waals surface area contributed by atoms with E-state index in [2.05, 4.69) is 61.0 Å². The molecule has 0 unspecified atom stereocenters. The van der Waals surface area contributed by atoms with Gasteiger partial charge in [-0.3, -0.25) is 0 Å². The number of methoxy groups -OCH3 is 1. The predicted octanol–water partition coefficient (Wildman–Crippen LogP) is 4.67. The highest BCUT2D eigenvalue weighted by Gasteiger charge is 2.52. The number of nitrogens with zero attached hydrogens (tertiary/aromatic N) is 3. The van der Waals surface area contributed by atoms with Gasteiger partial charge in [0.25, 0.3) is 0 Å². The van der Waals surface area contributed by atoms with Crippen LogP contribution in [0.4, 0.5) is 0 Å². The molecule has 2 aromatic rings. The summed E-state index contributed by atoms with van der Waals surface area (Å²) in [7, 11) is 1.73. The molecule has 158 valence electrons. The van der Waals surface area contributed by atoms with Crippen LogP contribution in [0.3, 0.4) is 0 Å². The van der Waals surface area contributed by atoms with E-state index in [-0.39, 0.29) is 6.04 Å². The van der Waals surface area contributed by atoms with Crippen LogP contribution in [0.15, 0.2) is 41.5 Å². The van der Waals surface area contributed by atoms with Crippen molar-refractivity contribution in [2.24, 2.45) is 5.10 Å². The molecule has 0 radical (unpaired) electrons. The maximum Gasteiger partial charge on any atom is 0.200 e. The number of likely N-dealkylation sites (tertiary alicyclic amines) is 1. The number of piperidine rings is 1. The molecule has 1 atom stereocenters. The van der Waals surface area contributed by atoms with Crippen molar-refractivity contribution in [2.45, 2.75) is 51.8 Å². The number of fused-ring (bicyclic) bond motifs is 4. The highest BCUT2D eigenvalue weighted by atomic mass is 16.5. The molecule has 0 aromatic heterocycles. The summed E-state index contributed by atoms with van der Waals surface area (Å²) in [4.78, 5) is 2.49. The largest absolute Gasteiger partial charge is 0.493 e. The molecule has 2 aromatic carbocycles. The molecule has 3 heterocycles. The third-order valence-electron chi connectivity index (χ3n) is 7.00. The monoisotopic (exact) mass is 405 g/mol. The summed E-state index contributed by atoms with van der Waals surface area (Å²) in [6.07, 6.45) is 2.78. The zero-order valence-electron chi connectivity index (χ0n) is 18.4.